The molecule has 1 saturated carbocycles. The molecule has 0 heterocycles. The van der Waals surface area contributed by atoms with Crippen LogP contribution in [0.15, 0.2) is 0 Å². The summed E-state index contributed by atoms with van der Waals surface area (Å²) in [5.41, 5.74) is -1.55. The Balaban J connectivity index is 2.76. The van der Waals surface area contributed by atoms with Gasteiger partial charge in [-0.15, -0.1) is 0 Å². The van der Waals surface area contributed by atoms with Crippen LogP contribution in [-0.4, -0.2) is 17.3 Å². The summed E-state index contributed by atoms with van der Waals surface area (Å²) >= 11 is 0. The number of hydrogen-bond acceptors (Lipinski definition) is 1. The van der Waals surface area contributed by atoms with Crippen molar-refractivity contribution in [2.45, 2.75) is 44.7 Å². The van der Waals surface area contributed by atoms with Gasteiger partial charge in [-0.25, -0.2) is 0 Å². The molecule has 0 aromatic carbocycles. The highest BCUT2D eigenvalue weighted by molar-refractivity contribution is 5.74. The molecule has 0 aliphatic heterocycles. The molecule has 0 aromatic rings. The standard InChI is InChI=1S/C9H13F3O2/c10-9(11,12)6-8(7(13)14)4-2-1-3-5-8/h1-6H2,(H,13,14). The van der Waals surface area contributed by atoms with Crippen LogP contribution in [0.2, 0.25) is 0 Å². The van der Waals surface area contributed by atoms with Crippen molar-refractivity contribution in [3.8, 4) is 0 Å². The topological polar surface area (TPSA) is 37.3 Å². The lowest BCUT2D eigenvalue weighted by Crippen LogP contribution is -2.37. The first kappa shape index (κ1) is 11.3. The van der Waals surface area contributed by atoms with Crippen LogP contribution in [0.3, 0.4) is 0 Å². The van der Waals surface area contributed by atoms with Crippen molar-refractivity contribution < 1.29 is 23.1 Å². The van der Waals surface area contributed by atoms with Crippen LogP contribution in [0.1, 0.15) is 38.5 Å². The quantitative estimate of drug-likeness (QED) is 0.760. The molecule has 0 atom stereocenters. The summed E-state index contributed by atoms with van der Waals surface area (Å²) in [7, 11) is 0. The van der Waals surface area contributed by atoms with Gasteiger partial charge in [0.2, 0.25) is 0 Å². The lowest BCUT2D eigenvalue weighted by Gasteiger charge is -2.33. The minimum absolute atomic E-state index is 0.155. The summed E-state index contributed by atoms with van der Waals surface area (Å²) in [6.07, 6.45) is -3.24. The van der Waals surface area contributed by atoms with Gasteiger partial charge < -0.3 is 5.11 Å². The second-order valence-electron chi connectivity index (χ2n) is 3.94. The highest BCUT2D eigenvalue weighted by Crippen LogP contribution is 2.44. The van der Waals surface area contributed by atoms with Gasteiger partial charge in [0.15, 0.2) is 0 Å². The summed E-state index contributed by atoms with van der Waals surface area (Å²) < 4.78 is 36.5. The van der Waals surface area contributed by atoms with Crippen LogP contribution in [-0.2, 0) is 4.79 Å². The molecule has 0 saturated heterocycles. The smallest absolute Gasteiger partial charge is 0.390 e. The summed E-state index contributed by atoms with van der Waals surface area (Å²) in [6, 6.07) is 0. The Morgan fingerprint density at radius 3 is 2.07 bits per heavy atom. The van der Waals surface area contributed by atoms with Crippen molar-refractivity contribution in [1.29, 1.82) is 0 Å². The summed E-state index contributed by atoms with van der Waals surface area (Å²) in [5.74, 6) is -1.30. The summed E-state index contributed by atoms with van der Waals surface area (Å²) in [5, 5.41) is 8.85. The van der Waals surface area contributed by atoms with Gasteiger partial charge in [0.1, 0.15) is 0 Å². The van der Waals surface area contributed by atoms with Gasteiger partial charge in [-0.3, -0.25) is 4.79 Å². The lowest BCUT2D eigenvalue weighted by atomic mass is 9.72. The number of carboxylic acids is 1. The molecule has 82 valence electrons. The van der Waals surface area contributed by atoms with E-state index in [9.17, 15) is 18.0 Å². The van der Waals surface area contributed by atoms with Crippen LogP contribution in [0.25, 0.3) is 0 Å². The fourth-order valence-electron chi connectivity index (χ4n) is 2.08. The molecule has 1 aliphatic carbocycles. The Bertz CT molecular complexity index is 217. The molecular formula is C9H13F3O2. The first-order valence-corrected chi connectivity index (χ1v) is 4.66. The van der Waals surface area contributed by atoms with Crippen molar-refractivity contribution in [3.05, 3.63) is 0 Å². The van der Waals surface area contributed by atoms with Crippen molar-refractivity contribution in [2.75, 3.05) is 0 Å². The number of carbonyl (C=O) groups is 1. The molecule has 1 rings (SSSR count). The third kappa shape index (κ3) is 2.62. The van der Waals surface area contributed by atoms with Gasteiger partial charge in [-0.2, -0.15) is 13.2 Å². The van der Waals surface area contributed by atoms with E-state index < -0.39 is 24.0 Å². The maximum atomic E-state index is 12.2. The van der Waals surface area contributed by atoms with Crippen LogP contribution < -0.4 is 0 Å². The average molecular weight is 210 g/mol. The molecule has 0 aromatic heterocycles. The average Bonchev–Trinajstić information content (AvgIpc) is 2.02. The predicted octanol–water partition coefficient (Wildman–Crippen LogP) is 2.97. The first-order chi connectivity index (χ1) is 6.36. The molecule has 5 heteroatoms. The van der Waals surface area contributed by atoms with Crippen molar-refractivity contribution in [1.82, 2.24) is 0 Å². The SMILES string of the molecule is O=C(O)C1(CC(F)(F)F)CCCCC1. The van der Waals surface area contributed by atoms with Crippen LogP contribution in [0, 0.1) is 5.41 Å². The Morgan fingerprint density at radius 1 is 1.21 bits per heavy atom. The number of aliphatic carboxylic acids is 1. The Kier molecular flexibility index (Phi) is 3.07. The number of rotatable bonds is 2. The van der Waals surface area contributed by atoms with E-state index in [1.54, 1.807) is 0 Å². The summed E-state index contributed by atoms with van der Waals surface area (Å²) in [4.78, 5) is 10.9. The van der Waals surface area contributed by atoms with E-state index in [0.29, 0.717) is 12.8 Å². The van der Waals surface area contributed by atoms with Gasteiger partial charge >= 0.3 is 12.1 Å². The predicted molar refractivity (Wildman–Crippen MR) is 43.8 cm³/mol. The first-order valence-electron chi connectivity index (χ1n) is 4.66. The molecule has 0 bridgehead atoms. The van der Waals surface area contributed by atoms with Crippen molar-refractivity contribution in [2.24, 2.45) is 5.41 Å². The number of carboxylic acid groups (broad SMARTS) is 1. The van der Waals surface area contributed by atoms with E-state index in [2.05, 4.69) is 0 Å². The van der Waals surface area contributed by atoms with Crippen LogP contribution in [0.4, 0.5) is 13.2 Å². The third-order valence-electron chi connectivity index (χ3n) is 2.80. The fourth-order valence-corrected chi connectivity index (χ4v) is 2.08. The molecule has 0 spiro atoms. The highest BCUT2D eigenvalue weighted by atomic mass is 19.4. The van der Waals surface area contributed by atoms with Gasteiger partial charge in [0.05, 0.1) is 11.8 Å². The minimum atomic E-state index is -4.38. The molecule has 14 heavy (non-hydrogen) atoms. The van der Waals surface area contributed by atoms with Crippen molar-refractivity contribution >= 4 is 5.97 Å². The van der Waals surface area contributed by atoms with E-state index >= 15 is 0 Å². The van der Waals surface area contributed by atoms with Crippen LogP contribution in [0.5, 0.6) is 0 Å². The van der Waals surface area contributed by atoms with Gasteiger partial charge in [0, 0.05) is 0 Å². The normalized spacial score (nSPS) is 21.9. The van der Waals surface area contributed by atoms with E-state index in [-0.39, 0.29) is 12.8 Å². The number of halogens is 3. The number of hydrogen-bond donors (Lipinski definition) is 1. The molecule has 0 unspecified atom stereocenters. The molecule has 0 amide bonds. The Hall–Kier alpha value is -0.740. The molecule has 0 radical (unpaired) electrons. The molecule has 2 nitrogen and oxygen atoms in total. The molecule has 1 aliphatic rings. The van der Waals surface area contributed by atoms with E-state index in [0.717, 1.165) is 6.42 Å². The van der Waals surface area contributed by atoms with E-state index in [1.165, 1.54) is 0 Å². The van der Waals surface area contributed by atoms with Gasteiger partial charge in [0.25, 0.3) is 0 Å². The lowest BCUT2D eigenvalue weighted by molar-refractivity contribution is -0.182. The maximum Gasteiger partial charge on any atom is 0.390 e. The van der Waals surface area contributed by atoms with Gasteiger partial charge in [-0.05, 0) is 12.8 Å². The molecular weight excluding hydrogens is 197 g/mol. The minimum Gasteiger partial charge on any atom is -0.481 e. The number of alkyl halides is 3. The van der Waals surface area contributed by atoms with E-state index in [4.69, 9.17) is 5.11 Å². The third-order valence-corrected chi connectivity index (χ3v) is 2.80. The fraction of sp³-hybridized carbons (Fsp3) is 0.889. The zero-order valence-corrected chi connectivity index (χ0v) is 7.73. The largest absolute Gasteiger partial charge is 0.481 e. The maximum absolute atomic E-state index is 12.2. The van der Waals surface area contributed by atoms with E-state index in [1.807, 2.05) is 0 Å². The van der Waals surface area contributed by atoms with Crippen molar-refractivity contribution in [3.63, 3.8) is 0 Å². The zero-order valence-electron chi connectivity index (χ0n) is 7.73. The second-order valence-corrected chi connectivity index (χ2v) is 3.94. The zero-order chi connectivity index (χ0) is 10.8. The molecule has 1 N–H and O–H groups in total. The summed E-state index contributed by atoms with van der Waals surface area (Å²) in [6.45, 7) is 0. The second kappa shape index (κ2) is 3.79. The molecule has 1 fully saturated rings. The highest BCUT2D eigenvalue weighted by Gasteiger charge is 2.48. The Labute approximate surface area is 80.1 Å². The van der Waals surface area contributed by atoms with Gasteiger partial charge in [-0.1, -0.05) is 19.3 Å². The van der Waals surface area contributed by atoms with Crippen LogP contribution >= 0.6 is 0 Å². The monoisotopic (exact) mass is 210 g/mol. The Morgan fingerprint density at radius 2 is 1.71 bits per heavy atom.